The molecule has 0 bridgehead atoms. The second-order valence-corrected chi connectivity index (χ2v) is 4.12. The van der Waals surface area contributed by atoms with E-state index in [9.17, 15) is 22.8 Å². The van der Waals surface area contributed by atoms with Crippen LogP contribution >= 0.6 is 0 Å². The van der Waals surface area contributed by atoms with Gasteiger partial charge in [0.15, 0.2) is 0 Å². The molecule has 1 N–H and O–H groups in total. The van der Waals surface area contributed by atoms with Gasteiger partial charge in [0, 0.05) is 12.1 Å². The molecule has 0 spiro atoms. The van der Waals surface area contributed by atoms with Crippen LogP contribution < -0.4 is 5.32 Å². The van der Waals surface area contributed by atoms with Gasteiger partial charge in [-0.05, 0) is 6.92 Å². The Bertz CT molecular complexity index is 469. The Kier molecular flexibility index (Phi) is 5.69. The number of amides is 1. The summed E-state index contributed by atoms with van der Waals surface area (Å²) in [6, 6.07) is 6.40. The van der Waals surface area contributed by atoms with E-state index in [-0.39, 0.29) is 18.7 Å². The molecule has 0 aliphatic carbocycles. The third kappa shape index (κ3) is 5.83. The Labute approximate surface area is 113 Å². The number of aryl methyl sites for hydroxylation is 1. The van der Waals surface area contributed by atoms with Crippen LogP contribution in [-0.2, 0) is 9.53 Å². The third-order valence-electron chi connectivity index (χ3n) is 2.32. The fraction of sp³-hybridized carbons (Fsp3) is 0.385. The van der Waals surface area contributed by atoms with Crippen molar-refractivity contribution in [2.45, 2.75) is 13.1 Å². The quantitative estimate of drug-likeness (QED) is 0.494. The van der Waals surface area contributed by atoms with E-state index < -0.39 is 24.5 Å². The number of Topliss-reactive ketones (excluding diaryl/α,β-unsaturated/α-hetero) is 1. The van der Waals surface area contributed by atoms with Gasteiger partial charge in [0.2, 0.25) is 5.78 Å². The SMILES string of the molecule is Cc1ccc(C(=O)C(=O)NCCOCC(F)(F)F)cc1. The van der Waals surface area contributed by atoms with E-state index in [0.29, 0.717) is 0 Å². The summed E-state index contributed by atoms with van der Waals surface area (Å²) >= 11 is 0. The molecule has 20 heavy (non-hydrogen) atoms. The first-order valence-corrected chi connectivity index (χ1v) is 5.83. The number of rotatable bonds is 6. The van der Waals surface area contributed by atoms with E-state index in [1.807, 2.05) is 6.92 Å². The first-order valence-electron chi connectivity index (χ1n) is 5.83. The lowest BCUT2D eigenvalue weighted by Crippen LogP contribution is -2.34. The van der Waals surface area contributed by atoms with Gasteiger partial charge in [0.25, 0.3) is 5.91 Å². The van der Waals surface area contributed by atoms with Crippen molar-refractivity contribution in [1.29, 1.82) is 0 Å². The molecule has 0 aliphatic heterocycles. The minimum absolute atomic E-state index is 0.160. The van der Waals surface area contributed by atoms with E-state index in [0.717, 1.165) is 5.56 Å². The molecule has 0 atom stereocenters. The lowest BCUT2D eigenvalue weighted by molar-refractivity contribution is -0.173. The van der Waals surface area contributed by atoms with Gasteiger partial charge in [-0.1, -0.05) is 29.8 Å². The van der Waals surface area contributed by atoms with E-state index in [4.69, 9.17) is 0 Å². The van der Waals surface area contributed by atoms with E-state index in [1.54, 1.807) is 12.1 Å². The van der Waals surface area contributed by atoms with Gasteiger partial charge >= 0.3 is 6.18 Å². The second-order valence-electron chi connectivity index (χ2n) is 4.12. The van der Waals surface area contributed by atoms with Crippen LogP contribution in [0.2, 0.25) is 0 Å². The van der Waals surface area contributed by atoms with Gasteiger partial charge in [-0.3, -0.25) is 9.59 Å². The number of nitrogens with one attached hydrogen (secondary N) is 1. The number of ketones is 1. The molecular formula is C13H14F3NO3. The summed E-state index contributed by atoms with van der Waals surface area (Å²) in [5.74, 6) is -1.61. The molecule has 0 fully saturated rings. The maximum atomic E-state index is 11.8. The summed E-state index contributed by atoms with van der Waals surface area (Å²) in [5.41, 5.74) is 1.17. The largest absolute Gasteiger partial charge is 0.411 e. The smallest absolute Gasteiger partial charge is 0.370 e. The molecule has 1 aromatic carbocycles. The van der Waals surface area contributed by atoms with Crippen LogP contribution in [0.15, 0.2) is 24.3 Å². The molecule has 0 heterocycles. The predicted octanol–water partition coefficient (Wildman–Crippen LogP) is 1.87. The molecule has 0 radical (unpaired) electrons. The molecule has 0 aromatic heterocycles. The fourth-order valence-electron chi connectivity index (χ4n) is 1.34. The molecule has 0 saturated heterocycles. The first kappa shape index (κ1) is 16.2. The zero-order chi connectivity index (χ0) is 15.2. The lowest BCUT2D eigenvalue weighted by atomic mass is 10.1. The Morgan fingerprint density at radius 1 is 1.20 bits per heavy atom. The van der Waals surface area contributed by atoms with Crippen LogP contribution in [0.3, 0.4) is 0 Å². The summed E-state index contributed by atoms with van der Waals surface area (Å²) in [6.07, 6.45) is -4.40. The standard InChI is InChI=1S/C13H14F3NO3/c1-9-2-4-10(5-3-9)11(18)12(19)17-6-7-20-8-13(14,15)16/h2-5H,6-8H2,1H3,(H,17,19). The van der Waals surface area contributed by atoms with Crippen molar-refractivity contribution in [3.63, 3.8) is 0 Å². The molecule has 1 amide bonds. The van der Waals surface area contributed by atoms with Crippen molar-refractivity contribution in [1.82, 2.24) is 5.32 Å². The zero-order valence-electron chi connectivity index (χ0n) is 10.8. The lowest BCUT2D eigenvalue weighted by Gasteiger charge is -2.08. The normalized spacial score (nSPS) is 11.2. The van der Waals surface area contributed by atoms with E-state index in [1.165, 1.54) is 12.1 Å². The highest BCUT2D eigenvalue weighted by Crippen LogP contribution is 2.13. The van der Waals surface area contributed by atoms with Crippen LogP contribution in [0.25, 0.3) is 0 Å². The number of alkyl halides is 3. The summed E-state index contributed by atoms with van der Waals surface area (Å²) in [5, 5.41) is 2.20. The molecule has 7 heteroatoms. The summed E-state index contributed by atoms with van der Waals surface area (Å²) in [7, 11) is 0. The molecule has 4 nitrogen and oxygen atoms in total. The van der Waals surface area contributed by atoms with Gasteiger partial charge in [-0.2, -0.15) is 13.2 Å². The Morgan fingerprint density at radius 2 is 1.80 bits per heavy atom. The van der Waals surface area contributed by atoms with Crippen LogP contribution in [0.4, 0.5) is 13.2 Å². The number of carbonyl (C=O) groups is 2. The van der Waals surface area contributed by atoms with Crippen LogP contribution in [0, 0.1) is 6.92 Å². The second kappa shape index (κ2) is 7.04. The summed E-state index contributed by atoms with van der Waals surface area (Å²) < 4.78 is 39.6. The van der Waals surface area contributed by atoms with E-state index >= 15 is 0 Å². The Morgan fingerprint density at radius 3 is 2.35 bits per heavy atom. The highest BCUT2D eigenvalue weighted by atomic mass is 19.4. The maximum Gasteiger partial charge on any atom is 0.411 e. The number of hydrogen-bond donors (Lipinski definition) is 1. The summed E-state index contributed by atoms with van der Waals surface area (Å²) in [4.78, 5) is 23.1. The maximum absolute atomic E-state index is 11.8. The first-order chi connectivity index (χ1) is 9.29. The number of ether oxygens (including phenoxy) is 1. The molecule has 0 saturated carbocycles. The van der Waals surface area contributed by atoms with Gasteiger partial charge < -0.3 is 10.1 Å². The van der Waals surface area contributed by atoms with Crippen LogP contribution in [0.1, 0.15) is 15.9 Å². The Balaban J connectivity index is 2.32. The minimum Gasteiger partial charge on any atom is -0.370 e. The molecular weight excluding hydrogens is 275 g/mol. The number of hydrogen-bond acceptors (Lipinski definition) is 3. The monoisotopic (exact) mass is 289 g/mol. The fourth-order valence-corrected chi connectivity index (χ4v) is 1.34. The van der Waals surface area contributed by atoms with Crippen molar-refractivity contribution in [3.05, 3.63) is 35.4 Å². The van der Waals surface area contributed by atoms with E-state index in [2.05, 4.69) is 10.1 Å². The average molecular weight is 289 g/mol. The number of halogens is 3. The molecule has 110 valence electrons. The van der Waals surface area contributed by atoms with Gasteiger partial charge in [0.1, 0.15) is 6.61 Å². The highest BCUT2D eigenvalue weighted by Gasteiger charge is 2.27. The van der Waals surface area contributed by atoms with Crippen LogP contribution in [0.5, 0.6) is 0 Å². The van der Waals surface area contributed by atoms with Crippen molar-refractivity contribution in [2.75, 3.05) is 19.8 Å². The van der Waals surface area contributed by atoms with Crippen molar-refractivity contribution in [2.24, 2.45) is 0 Å². The molecule has 1 rings (SSSR count). The summed E-state index contributed by atoms with van der Waals surface area (Å²) in [6.45, 7) is -0.0139. The van der Waals surface area contributed by atoms with Crippen LogP contribution in [-0.4, -0.2) is 37.6 Å². The van der Waals surface area contributed by atoms with Gasteiger partial charge in [-0.25, -0.2) is 0 Å². The highest BCUT2D eigenvalue weighted by molar-refractivity contribution is 6.42. The number of benzene rings is 1. The van der Waals surface area contributed by atoms with Gasteiger partial charge in [0.05, 0.1) is 6.61 Å². The average Bonchev–Trinajstić information content (AvgIpc) is 2.37. The van der Waals surface area contributed by atoms with Crippen molar-refractivity contribution in [3.8, 4) is 0 Å². The number of carbonyl (C=O) groups excluding carboxylic acids is 2. The van der Waals surface area contributed by atoms with Crippen molar-refractivity contribution >= 4 is 11.7 Å². The molecule has 1 aromatic rings. The zero-order valence-corrected chi connectivity index (χ0v) is 10.8. The predicted molar refractivity (Wildman–Crippen MR) is 65.4 cm³/mol. The third-order valence-corrected chi connectivity index (χ3v) is 2.32. The van der Waals surface area contributed by atoms with Gasteiger partial charge in [-0.15, -0.1) is 0 Å². The molecule has 0 aliphatic rings. The Hall–Kier alpha value is -1.89. The topological polar surface area (TPSA) is 55.4 Å². The minimum atomic E-state index is -4.40. The molecule has 0 unspecified atom stereocenters. The van der Waals surface area contributed by atoms with Crippen molar-refractivity contribution < 1.29 is 27.5 Å².